The molecular weight excluding hydrogens is 586 g/mol. The van der Waals surface area contributed by atoms with Crippen molar-refractivity contribution < 1.29 is 9.59 Å². The Bertz CT molecular complexity index is 1860. The number of amides is 1. The molecule has 0 fully saturated rings. The van der Waals surface area contributed by atoms with Crippen molar-refractivity contribution in [1.82, 2.24) is 9.55 Å². The number of rotatable bonds is 8. The maximum Gasteiger partial charge on any atom is 0.267 e. The van der Waals surface area contributed by atoms with E-state index in [0.717, 1.165) is 47.3 Å². The third kappa shape index (κ3) is 6.11. The van der Waals surface area contributed by atoms with E-state index in [1.54, 1.807) is 58.4 Å². The van der Waals surface area contributed by atoms with E-state index in [4.69, 9.17) is 16.6 Å². The first-order valence-electron chi connectivity index (χ1n) is 13.6. The average molecular weight is 612 g/mol. The number of aromatic nitrogens is 2. The molecule has 0 spiro atoms. The number of fused-ring (bicyclic) bond motifs is 3. The number of hydrogen-bond acceptors (Lipinski definition) is 6. The minimum absolute atomic E-state index is 0.0698. The van der Waals surface area contributed by atoms with Crippen LogP contribution >= 0.6 is 34.7 Å². The summed E-state index contributed by atoms with van der Waals surface area (Å²) in [6.45, 7) is 0. The first-order valence-corrected chi connectivity index (χ1v) is 15.8. The number of carbonyl (C=O) groups excluding carboxylic acids is 2. The summed E-state index contributed by atoms with van der Waals surface area (Å²) in [4.78, 5) is 46.2. The van der Waals surface area contributed by atoms with Gasteiger partial charge in [-0.25, -0.2) is 4.98 Å². The van der Waals surface area contributed by atoms with E-state index in [9.17, 15) is 14.4 Å². The van der Waals surface area contributed by atoms with Crippen molar-refractivity contribution in [2.75, 3.05) is 11.1 Å². The van der Waals surface area contributed by atoms with Gasteiger partial charge in [-0.05, 0) is 91.4 Å². The number of benzene rings is 3. The molecule has 0 radical (unpaired) electrons. The van der Waals surface area contributed by atoms with Gasteiger partial charge in [0, 0.05) is 21.2 Å². The summed E-state index contributed by atoms with van der Waals surface area (Å²) in [6, 6.07) is 23.4. The SMILES string of the molecule is O=C(CSc1nc2sc3c(c2c(=O)n1-c1ccccc1)CCCC3)Nc1ccc(C(=O)/C=C/c2ccc(Cl)cc2)cc1. The fraction of sp³-hybridized carbons (Fsp3) is 0.152. The Hall–Kier alpha value is -3.98. The Kier molecular flexibility index (Phi) is 8.37. The lowest BCUT2D eigenvalue weighted by Gasteiger charge is -2.13. The van der Waals surface area contributed by atoms with Crippen LogP contribution in [0.25, 0.3) is 22.0 Å². The van der Waals surface area contributed by atoms with Crippen LogP contribution in [0.2, 0.25) is 5.02 Å². The summed E-state index contributed by atoms with van der Waals surface area (Å²) >= 11 is 8.74. The zero-order valence-corrected chi connectivity index (χ0v) is 24.9. The fourth-order valence-corrected chi connectivity index (χ4v) is 7.22. The Morgan fingerprint density at radius 3 is 2.48 bits per heavy atom. The molecular formula is C33H26ClN3O3S2. The number of anilines is 1. The molecule has 0 bridgehead atoms. The van der Waals surface area contributed by atoms with Crippen LogP contribution in [0.15, 0.2) is 94.9 Å². The van der Waals surface area contributed by atoms with Crippen molar-refractivity contribution >= 4 is 68.4 Å². The van der Waals surface area contributed by atoms with Crippen molar-refractivity contribution in [3.63, 3.8) is 0 Å². The highest BCUT2D eigenvalue weighted by Gasteiger charge is 2.23. The topological polar surface area (TPSA) is 81.1 Å². The highest BCUT2D eigenvalue weighted by Crippen LogP contribution is 2.35. The van der Waals surface area contributed by atoms with E-state index in [2.05, 4.69) is 5.32 Å². The molecule has 210 valence electrons. The molecule has 2 aromatic heterocycles. The molecule has 0 aliphatic heterocycles. The maximum atomic E-state index is 13.8. The van der Waals surface area contributed by atoms with E-state index >= 15 is 0 Å². The van der Waals surface area contributed by atoms with Gasteiger partial charge in [-0.2, -0.15) is 0 Å². The largest absolute Gasteiger partial charge is 0.325 e. The quantitative estimate of drug-likeness (QED) is 0.0845. The third-order valence-electron chi connectivity index (χ3n) is 7.06. The number of aryl methyl sites for hydroxylation is 2. The molecule has 1 amide bonds. The van der Waals surface area contributed by atoms with Crippen LogP contribution in [0.4, 0.5) is 5.69 Å². The first kappa shape index (κ1) is 28.2. The van der Waals surface area contributed by atoms with E-state index in [1.807, 2.05) is 42.5 Å². The van der Waals surface area contributed by atoms with Gasteiger partial charge in [0.2, 0.25) is 5.91 Å². The number of nitrogens with one attached hydrogen (secondary N) is 1. The number of allylic oxidation sites excluding steroid dienone is 1. The molecule has 0 saturated heterocycles. The molecule has 9 heteroatoms. The van der Waals surface area contributed by atoms with E-state index in [1.165, 1.54) is 22.7 Å². The zero-order valence-electron chi connectivity index (χ0n) is 22.5. The highest BCUT2D eigenvalue weighted by atomic mass is 35.5. The van der Waals surface area contributed by atoms with Crippen LogP contribution < -0.4 is 10.9 Å². The predicted molar refractivity (Wildman–Crippen MR) is 172 cm³/mol. The molecule has 1 aliphatic carbocycles. The second-order valence-corrected chi connectivity index (χ2v) is 12.4. The molecule has 1 aliphatic rings. The zero-order chi connectivity index (χ0) is 29.1. The van der Waals surface area contributed by atoms with Crippen molar-refractivity contribution in [2.45, 2.75) is 30.8 Å². The summed E-state index contributed by atoms with van der Waals surface area (Å²) < 4.78 is 1.62. The van der Waals surface area contributed by atoms with Crippen LogP contribution in [-0.4, -0.2) is 27.0 Å². The Morgan fingerprint density at radius 1 is 0.976 bits per heavy atom. The van der Waals surface area contributed by atoms with Gasteiger partial charge in [0.15, 0.2) is 10.9 Å². The standard InChI is InChI=1S/C33H26ClN3O3S2/c34-23-15-10-21(11-16-23)12-19-27(38)22-13-17-24(18-14-22)35-29(39)20-41-33-36-31-30(26-8-4-5-9-28(26)42-31)32(40)37(33)25-6-2-1-3-7-25/h1-3,6-7,10-19H,4-5,8-9,20H2,(H,35,39)/b19-12+. The second kappa shape index (κ2) is 12.5. The van der Waals surface area contributed by atoms with Crippen molar-refractivity contribution in [2.24, 2.45) is 0 Å². The number of thioether (sulfide) groups is 1. The number of halogens is 1. The molecule has 0 unspecified atom stereocenters. The summed E-state index contributed by atoms with van der Waals surface area (Å²) in [7, 11) is 0. The molecule has 6 rings (SSSR count). The molecule has 6 nitrogen and oxygen atoms in total. The van der Waals surface area contributed by atoms with E-state index < -0.39 is 0 Å². The van der Waals surface area contributed by atoms with Gasteiger partial charge in [-0.1, -0.05) is 59.8 Å². The van der Waals surface area contributed by atoms with Crippen molar-refractivity contribution in [3.8, 4) is 5.69 Å². The third-order valence-corrected chi connectivity index (χ3v) is 9.43. The lowest BCUT2D eigenvalue weighted by Crippen LogP contribution is -2.23. The first-order chi connectivity index (χ1) is 20.5. The van der Waals surface area contributed by atoms with Gasteiger partial charge >= 0.3 is 0 Å². The number of hydrogen-bond donors (Lipinski definition) is 1. The van der Waals surface area contributed by atoms with Gasteiger partial charge in [0.1, 0.15) is 4.83 Å². The monoisotopic (exact) mass is 611 g/mol. The Labute approximate surface area is 256 Å². The van der Waals surface area contributed by atoms with Crippen molar-refractivity contribution in [3.05, 3.63) is 122 Å². The number of nitrogens with zero attached hydrogens (tertiary/aromatic N) is 2. The molecule has 1 N–H and O–H groups in total. The minimum Gasteiger partial charge on any atom is -0.325 e. The minimum atomic E-state index is -0.235. The van der Waals surface area contributed by atoms with E-state index in [0.29, 0.717) is 26.8 Å². The average Bonchev–Trinajstić information content (AvgIpc) is 3.39. The number of thiophene rings is 1. The molecule has 0 saturated carbocycles. The van der Waals surface area contributed by atoms with Crippen LogP contribution in [0.5, 0.6) is 0 Å². The molecule has 3 aromatic carbocycles. The summed E-state index contributed by atoms with van der Waals surface area (Å²) in [5.41, 5.74) is 3.74. The Morgan fingerprint density at radius 2 is 1.71 bits per heavy atom. The van der Waals surface area contributed by atoms with Gasteiger partial charge in [0.25, 0.3) is 5.56 Å². The number of para-hydroxylation sites is 1. The fourth-order valence-electron chi connectivity index (χ4n) is 4.97. The maximum absolute atomic E-state index is 13.8. The second-order valence-electron chi connectivity index (χ2n) is 9.92. The van der Waals surface area contributed by atoms with Crippen molar-refractivity contribution in [1.29, 1.82) is 0 Å². The summed E-state index contributed by atoms with van der Waals surface area (Å²) in [6.07, 6.45) is 7.33. The van der Waals surface area contributed by atoms with E-state index in [-0.39, 0.29) is 23.0 Å². The molecule has 42 heavy (non-hydrogen) atoms. The predicted octanol–water partition coefficient (Wildman–Crippen LogP) is 7.61. The van der Waals surface area contributed by atoms with Crippen LogP contribution in [0.1, 0.15) is 39.2 Å². The molecule has 0 atom stereocenters. The number of carbonyl (C=O) groups is 2. The molecule has 2 heterocycles. The summed E-state index contributed by atoms with van der Waals surface area (Å²) in [5.74, 6) is -0.310. The Balaban J connectivity index is 1.17. The summed E-state index contributed by atoms with van der Waals surface area (Å²) in [5, 5.41) is 4.72. The molecule has 5 aromatic rings. The van der Waals surface area contributed by atoms with Gasteiger partial charge in [-0.3, -0.25) is 19.0 Å². The lowest BCUT2D eigenvalue weighted by molar-refractivity contribution is -0.113. The number of ketones is 1. The normalized spacial score (nSPS) is 12.9. The smallest absolute Gasteiger partial charge is 0.267 e. The lowest BCUT2D eigenvalue weighted by atomic mass is 9.97. The highest BCUT2D eigenvalue weighted by molar-refractivity contribution is 7.99. The van der Waals surface area contributed by atoms with Crippen LogP contribution in [0, 0.1) is 0 Å². The van der Waals surface area contributed by atoms with Crippen LogP contribution in [0.3, 0.4) is 0 Å². The van der Waals surface area contributed by atoms with Gasteiger partial charge in [0.05, 0.1) is 16.8 Å². The van der Waals surface area contributed by atoms with Crippen LogP contribution in [-0.2, 0) is 17.6 Å². The van der Waals surface area contributed by atoms with Gasteiger partial charge in [-0.15, -0.1) is 11.3 Å². The van der Waals surface area contributed by atoms with Gasteiger partial charge < -0.3 is 5.32 Å².